The van der Waals surface area contributed by atoms with Crippen molar-refractivity contribution >= 4 is 18.5 Å². The molecule has 0 amide bonds. The van der Waals surface area contributed by atoms with Gasteiger partial charge in [-0.15, -0.1) is 0 Å². The molecule has 0 saturated heterocycles. The Labute approximate surface area is 169 Å². The molecule has 0 bridgehead atoms. The van der Waals surface area contributed by atoms with E-state index in [1.165, 1.54) is 27.8 Å². The molecule has 0 N–H and O–H groups in total. The van der Waals surface area contributed by atoms with E-state index in [0.29, 0.717) is 6.61 Å². The fourth-order valence-corrected chi connectivity index (χ4v) is 3.51. The number of benzene rings is 2. The summed E-state index contributed by atoms with van der Waals surface area (Å²) in [7, 11) is 5.67. The van der Waals surface area contributed by atoms with Gasteiger partial charge < -0.3 is 4.74 Å². The van der Waals surface area contributed by atoms with Gasteiger partial charge in [-0.05, 0) is 50.3 Å². The molecule has 0 aliphatic rings. The van der Waals surface area contributed by atoms with Gasteiger partial charge in [-0.2, -0.15) is 0 Å². The van der Waals surface area contributed by atoms with Crippen LogP contribution in [0, 0.1) is 0 Å². The van der Waals surface area contributed by atoms with Gasteiger partial charge in [-0.1, -0.05) is 96.4 Å². The maximum absolute atomic E-state index is 6.08. The minimum Gasteiger partial charge on any atom is -0.363 e. The molecule has 0 radical (unpaired) electrons. The Morgan fingerprint density at radius 1 is 0.889 bits per heavy atom. The van der Waals surface area contributed by atoms with E-state index in [-0.39, 0.29) is 5.08 Å². The Hall–Kier alpha value is -1.26. The van der Waals surface area contributed by atoms with Crippen LogP contribution in [0.4, 0.5) is 0 Å². The van der Waals surface area contributed by atoms with Gasteiger partial charge in [0.2, 0.25) is 0 Å². The molecule has 27 heavy (non-hydrogen) atoms. The Morgan fingerprint density at radius 3 is 2.15 bits per heavy atom. The normalized spacial score (nSPS) is 12.1. The summed E-state index contributed by atoms with van der Waals surface area (Å²) in [6.45, 7) is 7.10. The summed E-state index contributed by atoms with van der Waals surface area (Å²) in [5, 5.41) is -0.342. The van der Waals surface area contributed by atoms with E-state index < -0.39 is 0 Å². The van der Waals surface area contributed by atoms with Gasteiger partial charge in [0.05, 0.1) is 11.7 Å². The standard InChI is InChI=1S/C24H32OP2/c1-19(2)8-7-9-20(3)16-17-25-24(26,27)18-21-12-14-23(15-13-21)22-10-5-4-6-11-22/h4-6,8,10-16H,7,9,17-18,26-27H2,1-3H3/b20-16+. The van der Waals surface area contributed by atoms with Crippen LogP contribution in [0.25, 0.3) is 11.1 Å². The lowest BCUT2D eigenvalue weighted by Gasteiger charge is -2.24. The van der Waals surface area contributed by atoms with Crippen LogP contribution in [-0.2, 0) is 11.2 Å². The number of allylic oxidation sites excluding steroid dienone is 3. The van der Waals surface area contributed by atoms with Gasteiger partial charge in [0.1, 0.15) is 0 Å². The largest absolute Gasteiger partial charge is 0.363 e. The van der Waals surface area contributed by atoms with E-state index in [1.807, 2.05) is 6.07 Å². The highest BCUT2D eigenvalue weighted by atomic mass is 31.1. The Balaban J connectivity index is 1.85. The van der Waals surface area contributed by atoms with E-state index in [4.69, 9.17) is 4.74 Å². The first-order chi connectivity index (χ1) is 12.9. The number of hydrogen-bond acceptors (Lipinski definition) is 1. The molecule has 0 saturated carbocycles. The first-order valence-electron chi connectivity index (χ1n) is 9.51. The first-order valence-corrected chi connectivity index (χ1v) is 10.7. The summed E-state index contributed by atoms with van der Waals surface area (Å²) in [6, 6.07) is 19.2. The smallest absolute Gasteiger partial charge is 0.0983 e. The molecule has 144 valence electrons. The highest BCUT2D eigenvalue weighted by Gasteiger charge is 2.19. The predicted molar refractivity (Wildman–Crippen MR) is 126 cm³/mol. The molecule has 2 aromatic rings. The van der Waals surface area contributed by atoms with Crippen LogP contribution in [0.3, 0.4) is 0 Å². The first kappa shape index (κ1) is 22.0. The molecule has 2 atom stereocenters. The average Bonchev–Trinajstić information content (AvgIpc) is 2.62. The molecule has 0 spiro atoms. The third kappa shape index (κ3) is 8.52. The quantitative estimate of drug-likeness (QED) is 0.326. The molecule has 0 aliphatic carbocycles. The van der Waals surface area contributed by atoms with Crippen LogP contribution in [0.15, 0.2) is 77.9 Å². The van der Waals surface area contributed by atoms with Crippen molar-refractivity contribution in [3.8, 4) is 11.1 Å². The Bertz CT molecular complexity index is 755. The lowest BCUT2D eigenvalue weighted by atomic mass is 10.0. The SMILES string of the molecule is CC(C)=CCC/C(C)=C/COC(P)(P)Cc1ccc(-c2ccccc2)cc1. The van der Waals surface area contributed by atoms with E-state index in [0.717, 1.165) is 19.3 Å². The molecule has 0 fully saturated rings. The highest BCUT2D eigenvalue weighted by Crippen LogP contribution is 2.33. The molecular formula is C24H32OP2. The van der Waals surface area contributed by atoms with Crippen molar-refractivity contribution in [3.63, 3.8) is 0 Å². The Kier molecular flexibility index (Phi) is 8.91. The number of hydrogen-bond donors (Lipinski definition) is 0. The van der Waals surface area contributed by atoms with E-state index in [9.17, 15) is 0 Å². The maximum atomic E-state index is 6.08. The molecule has 1 nitrogen and oxygen atoms in total. The maximum Gasteiger partial charge on any atom is 0.0983 e. The monoisotopic (exact) mass is 398 g/mol. The highest BCUT2D eigenvalue weighted by molar-refractivity contribution is 7.39. The zero-order chi connectivity index (χ0) is 19.7. The van der Waals surface area contributed by atoms with E-state index in [2.05, 4.69) is 99.9 Å². The minimum absolute atomic E-state index is 0.342. The zero-order valence-electron chi connectivity index (χ0n) is 16.7. The van der Waals surface area contributed by atoms with Gasteiger partial charge >= 0.3 is 0 Å². The lowest BCUT2D eigenvalue weighted by Crippen LogP contribution is -2.19. The Morgan fingerprint density at radius 2 is 1.52 bits per heavy atom. The van der Waals surface area contributed by atoms with Gasteiger partial charge in [-0.25, -0.2) is 0 Å². The fourth-order valence-electron chi connectivity index (χ4n) is 2.85. The van der Waals surface area contributed by atoms with Crippen LogP contribution in [0.1, 0.15) is 39.2 Å². The molecule has 0 aromatic heterocycles. The molecule has 2 aromatic carbocycles. The summed E-state index contributed by atoms with van der Waals surface area (Å²) in [4.78, 5) is 0. The second kappa shape index (κ2) is 10.9. The van der Waals surface area contributed by atoms with Crippen molar-refractivity contribution in [1.29, 1.82) is 0 Å². The van der Waals surface area contributed by atoms with Crippen LogP contribution >= 0.6 is 18.5 Å². The molecular weight excluding hydrogens is 366 g/mol. The van der Waals surface area contributed by atoms with Gasteiger partial charge in [0, 0.05) is 6.42 Å². The molecule has 0 heterocycles. The van der Waals surface area contributed by atoms with Gasteiger partial charge in [0.15, 0.2) is 0 Å². The average molecular weight is 398 g/mol. The van der Waals surface area contributed by atoms with Gasteiger partial charge in [0.25, 0.3) is 0 Å². The van der Waals surface area contributed by atoms with Gasteiger partial charge in [-0.3, -0.25) is 0 Å². The summed E-state index contributed by atoms with van der Waals surface area (Å²) in [5.74, 6) is 0. The summed E-state index contributed by atoms with van der Waals surface area (Å²) >= 11 is 0. The van der Waals surface area contributed by atoms with Crippen LogP contribution in [0.5, 0.6) is 0 Å². The van der Waals surface area contributed by atoms with Crippen molar-refractivity contribution in [1.82, 2.24) is 0 Å². The zero-order valence-corrected chi connectivity index (χ0v) is 19.1. The van der Waals surface area contributed by atoms with Crippen LogP contribution in [0.2, 0.25) is 0 Å². The predicted octanol–water partition coefficient (Wildman–Crippen LogP) is 7.01. The van der Waals surface area contributed by atoms with Crippen molar-refractivity contribution < 1.29 is 4.74 Å². The molecule has 2 rings (SSSR count). The summed E-state index contributed by atoms with van der Waals surface area (Å²) in [6.07, 6.45) is 7.51. The van der Waals surface area contributed by atoms with Crippen molar-refractivity contribution in [2.45, 2.75) is 45.1 Å². The van der Waals surface area contributed by atoms with Crippen molar-refractivity contribution in [3.05, 3.63) is 83.5 Å². The van der Waals surface area contributed by atoms with Crippen LogP contribution in [-0.4, -0.2) is 11.7 Å². The topological polar surface area (TPSA) is 9.23 Å². The third-order valence-corrected chi connectivity index (χ3v) is 5.16. The fraction of sp³-hybridized carbons (Fsp3) is 0.333. The van der Waals surface area contributed by atoms with Crippen LogP contribution < -0.4 is 0 Å². The van der Waals surface area contributed by atoms with Crippen molar-refractivity contribution in [2.75, 3.05) is 6.61 Å². The number of ether oxygens (including phenoxy) is 1. The third-order valence-electron chi connectivity index (χ3n) is 4.42. The van der Waals surface area contributed by atoms with E-state index >= 15 is 0 Å². The number of rotatable bonds is 9. The second-order valence-corrected chi connectivity index (χ2v) is 10.00. The molecule has 3 heteroatoms. The van der Waals surface area contributed by atoms with Crippen molar-refractivity contribution in [2.24, 2.45) is 0 Å². The molecule has 2 unspecified atom stereocenters. The second-order valence-electron chi connectivity index (χ2n) is 7.38. The summed E-state index contributed by atoms with van der Waals surface area (Å²) < 4.78 is 6.08. The molecule has 0 aliphatic heterocycles. The van der Waals surface area contributed by atoms with E-state index in [1.54, 1.807) is 0 Å². The summed E-state index contributed by atoms with van der Waals surface area (Å²) in [5.41, 5.74) is 6.52. The lowest BCUT2D eigenvalue weighted by molar-refractivity contribution is 0.112. The minimum atomic E-state index is -0.342.